The maximum atomic E-state index is 12.4. The Morgan fingerprint density at radius 1 is 1.24 bits per heavy atom. The molecule has 1 aliphatic heterocycles. The van der Waals surface area contributed by atoms with Crippen molar-refractivity contribution in [1.82, 2.24) is 9.88 Å². The zero-order chi connectivity index (χ0) is 14.7. The van der Waals surface area contributed by atoms with Crippen molar-refractivity contribution in [3.63, 3.8) is 0 Å². The van der Waals surface area contributed by atoms with Gasteiger partial charge in [-0.1, -0.05) is 6.07 Å². The third-order valence-corrected chi connectivity index (χ3v) is 4.53. The monoisotopic (exact) mass is 287 g/mol. The summed E-state index contributed by atoms with van der Waals surface area (Å²) in [5, 5.41) is 1.05. The van der Waals surface area contributed by atoms with E-state index in [0.29, 0.717) is 12.5 Å². The summed E-state index contributed by atoms with van der Waals surface area (Å²) in [5.74, 6) is 0.650. The number of fused-ring (bicyclic) bond motifs is 1. The fourth-order valence-corrected chi connectivity index (χ4v) is 3.24. The number of nitrogen functional groups attached to an aromatic ring is 1. The van der Waals surface area contributed by atoms with E-state index in [1.165, 1.54) is 5.56 Å². The van der Waals surface area contributed by atoms with Gasteiger partial charge in [-0.05, 0) is 62.0 Å². The molecule has 0 atom stereocenters. The van der Waals surface area contributed by atoms with Gasteiger partial charge in [-0.3, -0.25) is 4.98 Å². The van der Waals surface area contributed by atoms with Crippen LogP contribution in [0.15, 0.2) is 30.5 Å². The number of likely N-dealkylation sites (tertiary alicyclic amines) is 1. The van der Waals surface area contributed by atoms with E-state index in [1.807, 2.05) is 12.1 Å². The number of hydrogen-bond acceptors (Lipinski definition) is 3. The van der Waals surface area contributed by atoms with Crippen LogP contribution >= 0.6 is 0 Å². The Balaban J connectivity index is 1.70. The summed E-state index contributed by atoms with van der Waals surface area (Å²) in [5.41, 5.74) is 9.36. The van der Waals surface area contributed by atoms with Gasteiger partial charge in [0, 0.05) is 23.8 Å². The van der Waals surface area contributed by atoms with E-state index in [-0.39, 0.29) is 6.67 Å². The van der Waals surface area contributed by atoms with Gasteiger partial charge < -0.3 is 10.6 Å². The third-order valence-electron chi connectivity index (χ3n) is 4.53. The second-order valence-electron chi connectivity index (χ2n) is 5.89. The van der Waals surface area contributed by atoms with E-state index >= 15 is 0 Å². The molecule has 3 rings (SSSR count). The minimum Gasteiger partial charge on any atom is -0.398 e. The lowest BCUT2D eigenvalue weighted by molar-refractivity contribution is 0.172. The highest BCUT2D eigenvalue weighted by molar-refractivity contribution is 5.91. The standard InChI is InChI=1S/C17H22FN3/c18-7-11-21-9-5-13(6-10-21)12-14-3-4-16-15(17(14)19)2-1-8-20-16/h1-4,8,13H,5-7,9-12,19H2. The first-order chi connectivity index (χ1) is 10.3. The van der Waals surface area contributed by atoms with Crippen LogP contribution in [0, 0.1) is 5.92 Å². The Morgan fingerprint density at radius 3 is 2.81 bits per heavy atom. The van der Waals surface area contributed by atoms with Crippen LogP contribution in [-0.2, 0) is 6.42 Å². The smallest absolute Gasteiger partial charge is 0.102 e. The molecule has 0 spiro atoms. The molecule has 2 heterocycles. The summed E-state index contributed by atoms with van der Waals surface area (Å²) in [6, 6.07) is 8.13. The quantitative estimate of drug-likeness (QED) is 0.879. The van der Waals surface area contributed by atoms with Gasteiger partial charge in [0.25, 0.3) is 0 Å². The van der Waals surface area contributed by atoms with Crippen molar-refractivity contribution < 1.29 is 4.39 Å². The average Bonchev–Trinajstić information content (AvgIpc) is 2.52. The molecule has 1 fully saturated rings. The Kier molecular flexibility index (Phi) is 4.34. The van der Waals surface area contributed by atoms with Crippen molar-refractivity contribution in [2.24, 2.45) is 5.92 Å². The number of nitrogens with two attached hydrogens (primary N) is 1. The summed E-state index contributed by atoms with van der Waals surface area (Å²) < 4.78 is 12.4. The lowest BCUT2D eigenvalue weighted by Gasteiger charge is -2.31. The molecule has 0 aliphatic carbocycles. The van der Waals surface area contributed by atoms with Crippen molar-refractivity contribution in [2.45, 2.75) is 19.3 Å². The van der Waals surface area contributed by atoms with Crippen LogP contribution in [-0.4, -0.2) is 36.2 Å². The predicted molar refractivity (Wildman–Crippen MR) is 85.0 cm³/mol. The zero-order valence-electron chi connectivity index (χ0n) is 12.3. The second kappa shape index (κ2) is 6.39. The number of halogens is 1. The van der Waals surface area contributed by atoms with Crippen LogP contribution in [0.1, 0.15) is 18.4 Å². The van der Waals surface area contributed by atoms with Crippen molar-refractivity contribution in [3.05, 3.63) is 36.0 Å². The summed E-state index contributed by atoms with van der Waals surface area (Å²) in [7, 11) is 0. The second-order valence-corrected chi connectivity index (χ2v) is 5.89. The first-order valence-electron chi connectivity index (χ1n) is 7.68. The van der Waals surface area contributed by atoms with Gasteiger partial charge in [0.2, 0.25) is 0 Å². The molecule has 2 N–H and O–H groups in total. The van der Waals surface area contributed by atoms with E-state index < -0.39 is 0 Å². The van der Waals surface area contributed by atoms with Gasteiger partial charge in [0.15, 0.2) is 0 Å². The third kappa shape index (κ3) is 3.16. The fraction of sp³-hybridized carbons (Fsp3) is 0.471. The van der Waals surface area contributed by atoms with Crippen LogP contribution in [0.2, 0.25) is 0 Å². The summed E-state index contributed by atoms with van der Waals surface area (Å²) in [6.07, 6.45) is 5.07. The molecule has 1 saturated heterocycles. The van der Waals surface area contributed by atoms with E-state index in [2.05, 4.69) is 22.0 Å². The summed E-state index contributed by atoms with van der Waals surface area (Å²) >= 11 is 0. The molecule has 0 bridgehead atoms. The fourth-order valence-electron chi connectivity index (χ4n) is 3.24. The number of nitrogens with zero attached hydrogens (tertiary/aromatic N) is 2. The number of anilines is 1. The van der Waals surface area contributed by atoms with E-state index in [0.717, 1.165) is 48.9 Å². The number of pyridine rings is 1. The molecule has 0 saturated carbocycles. The number of hydrogen-bond donors (Lipinski definition) is 1. The number of rotatable bonds is 4. The maximum Gasteiger partial charge on any atom is 0.102 e. The first kappa shape index (κ1) is 14.3. The molecule has 0 amide bonds. The molecule has 2 aromatic rings. The van der Waals surface area contributed by atoms with Crippen LogP contribution < -0.4 is 5.73 Å². The van der Waals surface area contributed by atoms with Crippen LogP contribution in [0.5, 0.6) is 0 Å². The van der Waals surface area contributed by atoms with Gasteiger partial charge >= 0.3 is 0 Å². The maximum absolute atomic E-state index is 12.4. The van der Waals surface area contributed by atoms with Crippen LogP contribution in [0.25, 0.3) is 10.9 Å². The van der Waals surface area contributed by atoms with E-state index in [9.17, 15) is 4.39 Å². The Hall–Kier alpha value is -1.68. The Morgan fingerprint density at radius 2 is 2.05 bits per heavy atom. The highest BCUT2D eigenvalue weighted by Gasteiger charge is 2.20. The molecular weight excluding hydrogens is 265 g/mol. The molecule has 4 heteroatoms. The number of benzene rings is 1. The Bertz CT molecular complexity index is 606. The first-order valence-corrected chi connectivity index (χ1v) is 7.68. The van der Waals surface area contributed by atoms with Crippen molar-refractivity contribution in [2.75, 3.05) is 32.0 Å². The van der Waals surface area contributed by atoms with Crippen molar-refractivity contribution in [1.29, 1.82) is 0 Å². The summed E-state index contributed by atoms with van der Waals surface area (Å²) in [6.45, 7) is 2.35. The lowest BCUT2D eigenvalue weighted by atomic mass is 9.89. The average molecular weight is 287 g/mol. The highest BCUT2D eigenvalue weighted by atomic mass is 19.1. The molecule has 1 aromatic carbocycles. The van der Waals surface area contributed by atoms with Gasteiger partial charge in [0.1, 0.15) is 6.67 Å². The summed E-state index contributed by atoms with van der Waals surface area (Å²) in [4.78, 5) is 6.55. The largest absolute Gasteiger partial charge is 0.398 e. The van der Waals surface area contributed by atoms with Gasteiger partial charge in [0.05, 0.1) is 5.52 Å². The van der Waals surface area contributed by atoms with Crippen molar-refractivity contribution >= 4 is 16.6 Å². The van der Waals surface area contributed by atoms with Gasteiger partial charge in [-0.2, -0.15) is 0 Å². The number of alkyl halides is 1. The molecule has 0 radical (unpaired) electrons. The minimum atomic E-state index is -0.241. The van der Waals surface area contributed by atoms with Gasteiger partial charge in [-0.15, -0.1) is 0 Å². The molecular formula is C17H22FN3. The lowest BCUT2D eigenvalue weighted by Crippen LogP contribution is -2.35. The predicted octanol–water partition coefficient (Wildman–Crippen LogP) is 3.04. The van der Waals surface area contributed by atoms with E-state index in [1.54, 1.807) is 6.20 Å². The van der Waals surface area contributed by atoms with Crippen molar-refractivity contribution in [3.8, 4) is 0 Å². The van der Waals surface area contributed by atoms with Gasteiger partial charge in [-0.25, -0.2) is 4.39 Å². The SMILES string of the molecule is Nc1c(CC2CCN(CCF)CC2)ccc2ncccc12. The normalized spacial score (nSPS) is 17.4. The number of aromatic nitrogens is 1. The molecule has 0 unspecified atom stereocenters. The Labute approximate surface area is 125 Å². The van der Waals surface area contributed by atoms with Crippen LogP contribution in [0.4, 0.5) is 10.1 Å². The molecule has 3 nitrogen and oxygen atoms in total. The molecule has 112 valence electrons. The highest BCUT2D eigenvalue weighted by Crippen LogP contribution is 2.28. The van der Waals surface area contributed by atoms with E-state index in [4.69, 9.17) is 5.73 Å². The molecule has 21 heavy (non-hydrogen) atoms. The molecule has 1 aliphatic rings. The zero-order valence-corrected chi connectivity index (χ0v) is 12.3. The minimum absolute atomic E-state index is 0.241. The van der Waals surface area contributed by atoms with Crippen LogP contribution in [0.3, 0.4) is 0 Å². The molecule has 1 aromatic heterocycles. The number of piperidine rings is 1. The topological polar surface area (TPSA) is 42.1 Å².